The molecule has 0 amide bonds. The first-order chi connectivity index (χ1) is 5.88. The molecule has 0 aromatic heterocycles. The number of hydrogen-bond acceptors (Lipinski definition) is 1. The molecule has 1 aromatic carbocycles. The maximum Gasteiger partial charge on any atom is 0.119 e. The number of benzene rings is 1. The van der Waals surface area contributed by atoms with Gasteiger partial charge < -0.3 is 5.11 Å². The van der Waals surface area contributed by atoms with Gasteiger partial charge in [-0.1, -0.05) is 23.6 Å². The molecule has 0 unspecified atom stereocenters. The van der Waals surface area contributed by atoms with E-state index in [0.717, 1.165) is 17.5 Å². The van der Waals surface area contributed by atoms with Gasteiger partial charge >= 0.3 is 0 Å². The summed E-state index contributed by atoms with van der Waals surface area (Å²) in [5.41, 5.74) is 7.75. The second kappa shape index (κ2) is 2.75. The highest BCUT2D eigenvalue weighted by atomic mass is 16.3. The van der Waals surface area contributed by atoms with Crippen LogP contribution in [0.1, 0.15) is 11.1 Å². The van der Waals surface area contributed by atoms with E-state index >= 15 is 0 Å². The molecule has 0 aliphatic heterocycles. The number of hydrogen-bond donors (Lipinski definition) is 1. The summed E-state index contributed by atoms with van der Waals surface area (Å²) in [6.45, 7) is 0. The zero-order valence-corrected chi connectivity index (χ0v) is 6.54. The van der Waals surface area contributed by atoms with Crippen LogP contribution in [0.15, 0.2) is 35.7 Å². The summed E-state index contributed by atoms with van der Waals surface area (Å²) in [5.74, 6) is 0.352. The molecule has 0 radical (unpaired) electrons. The maximum atomic E-state index is 9.49. The van der Waals surface area contributed by atoms with E-state index in [-0.39, 0.29) is 0 Å². The van der Waals surface area contributed by atoms with Crippen molar-refractivity contribution in [2.45, 2.75) is 6.42 Å². The van der Waals surface area contributed by atoms with Crippen molar-refractivity contribution in [1.82, 2.24) is 0 Å². The maximum absolute atomic E-state index is 9.49. The van der Waals surface area contributed by atoms with E-state index in [9.17, 15) is 5.11 Å². The normalized spacial score (nSPS) is 12.7. The summed E-state index contributed by atoms with van der Waals surface area (Å²) in [6.07, 6.45) is 4.42. The molecule has 0 fully saturated rings. The van der Waals surface area contributed by atoms with Gasteiger partial charge in [0.15, 0.2) is 0 Å². The molecule has 0 heterocycles. The van der Waals surface area contributed by atoms with E-state index in [1.807, 2.05) is 24.3 Å². The lowest BCUT2D eigenvalue weighted by molar-refractivity contribution is 0.469. The molecule has 1 N–H and O–H groups in total. The highest BCUT2D eigenvalue weighted by molar-refractivity contribution is 5.58. The Hall–Kier alpha value is -1.68. The van der Waals surface area contributed by atoms with Crippen LogP contribution in [-0.4, -0.2) is 5.11 Å². The fourth-order valence-electron chi connectivity index (χ4n) is 1.28. The van der Waals surface area contributed by atoms with Gasteiger partial charge in [-0.2, -0.15) is 0 Å². The molecule has 1 aliphatic carbocycles. The molecule has 12 heavy (non-hydrogen) atoms. The number of phenols is 1. The first-order valence-corrected chi connectivity index (χ1v) is 3.85. The predicted molar refractivity (Wildman–Crippen MR) is 47.9 cm³/mol. The Morgan fingerprint density at radius 2 is 2.17 bits per heavy atom. The van der Waals surface area contributed by atoms with Crippen molar-refractivity contribution in [3.05, 3.63) is 46.9 Å². The first kappa shape index (κ1) is 7.00. The van der Waals surface area contributed by atoms with E-state index < -0.39 is 0 Å². The van der Waals surface area contributed by atoms with E-state index in [0.29, 0.717) is 5.75 Å². The van der Waals surface area contributed by atoms with Crippen LogP contribution in [0.25, 0.3) is 6.08 Å². The Kier molecular flexibility index (Phi) is 1.60. The topological polar surface area (TPSA) is 20.2 Å². The largest absolute Gasteiger partial charge is 0.508 e. The van der Waals surface area contributed by atoms with Crippen LogP contribution in [0.4, 0.5) is 0 Å². The fraction of sp³-hybridized carbons (Fsp3) is 0.0909. The Balaban J connectivity index is 2.67. The second-order valence-corrected chi connectivity index (χ2v) is 2.69. The molecule has 0 atom stereocenters. The Morgan fingerprint density at radius 1 is 1.25 bits per heavy atom. The molecule has 1 aliphatic rings. The van der Waals surface area contributed by atoms with Crippen molar-refractivity contribution >= 4 is 6.08 Å². The van der Waals surface area contributed by atoms with Crippen molar-refractivity contribution in [3.8, 4) is 5.75 Å². The van der Waals surface area contributed by atoms with Gasteiger partial charge in [-0.25, -0.2) is 0 Å². The van der Waals surface area contributed by atoms with Gasteiger partial charge in [0.25, 0.3) is 0 Å². The number of fused-ring (bicyclic) bond motifs is 1. The van der Waals surface area contributed by atoms with Crippen LogP contribution in [0.5, 0.6) is 5.75 Å². The van der Waals surface area contributed by atoms with Crippen LogP contribution in [-0.2, 0) is 6.42 Å². The van der Waals surface area contributed by atoms with Gasteiger partial charge in [0.05, 0.1) is 0 Å². The minimum atomic E-state index is 0.352. The lowest BCUT2D eigenvalue weighted by Crippen LogP contribution is -1.86. The van der Waals surface area contributed by atoms with E-state index in [1.54, 1.807) is 6.07 Å². The van der Waals surface area contributed by atoms with Crippen molar-refractivity contribution in [2.24, 2.45) is 0 Å². The van der Waals surface area contributed by atoms with Gasteiger partial charge in [0, 0.05) is 12.0 Å². The third kappa shape index (κ3) is 1.08. The number of aromatic hydroxyl groups is 1. The minimum Gasteiger partial charge on any atom is -0.508 e. The standard InChI is InChI=1S/C11H8O/c12-11-8-4-6-9-5-2-1-3-7-10(9)11/h3-6,8,12H,7H2. The quantitative estimate of drug-likeness (QED) is 0.571. The van der Waals surface area contributed by atoms with Crippen molar-refractivity contribution < 1.29 is 5.11 Å². The van der Waals surface area contributed by atoms with E-state index in [2.05, 4.69) is 11.5 Å². The van der Waals surface area contributed by atoms with Gasteiger partial charge in [-0.3, -0.25) is 0 Å². The fourth-order valence-corrected chi connectivity index (χ4v) is 1.28. The molecule has 0 spiro atoms. The molecule has 0 saturated carbocycles. The lowest BCUT2D eigenvalue weighted by Gasteiger charge is -2.03. The van der Waals surface area contributed by atoms with Crippen molar-refractivity contribution in [3.63, 3.8) is 0 Å². The zero-order chi connectivity index (χ0) is 8.39. The molecular formula is C11H8O. The predicted octanol–water partition coefficient (Wildman–Crippen LogP) is 2.27. The number of phenolic OH excluding ortho intramolecular Hbond substituents is 1. The van der Waals surface area contributed by atoms with Gasteiger partial charge in [0.1, 0.15) is 5.75 Å². The average Bonchev–Trinajstić information content (AvgIpc) is 2.30. The number of rotatable bonds is 0. The summed E-state index contributed by atoms with van der Waals surface area (Å²) in [5, 5.41) is 9.49. The van der Waals surface area contributed by atoms with Crippen LogP contribution >= 0.6 is 0 Å². The smallest absolute Gasteiger partial charge is 0.119 e. The summed E-state index contributed by atoms with van der Waals surface area (Å²) in [7, 11) is 0. The molecule has 2 rings (SSSR count). The van der Waals surface area contributed by atoms with Crippen molar-refractivity contribution in [2.75, 3.05) is 0 Å². The van der Waals surface area contributed by atoms with Gasteiger partial charge in [0.2, 0.25) is 0 Å². The zero-order valence-electron chi connectivity index (χ0n) is 6.54. The van der Waals surface area contributed by atoms with Crippen LogP contribution in [0, 0.1) is 0 Å². The molecular weight excluding hydrogens is 148 g/mol. The average molecular weight is 156 g/mol. The molecule has 0 saturated heterocycles. The van der Waals surface area contributed by atoms with Crippen LogP contribution in [0.2, 0.25) is 0 Å². The Morgan fingerprint density at radius 3 is 3.08 bits per heavy atom. The van der Waals surface area contributed by atoms with E-state index in [1.165, 1.54) is 0 Å². The molecule has 58 valence electrons. The first-order valence-electron chi connectivity index (χ1n) is 3.85. The number of allylic oxidation sites excluding steroid dienone is 1. The van der Waals surface area contributed by atoms with E-state index in [4.69, 9.17) is 0 Å². The minimum absolute atomic E-state index is 0.352. The van der Waals surface area contributed by atoms with Crippen LogP contribution in [0.3, 0.4) is 0 Å². The summed E-state index contributed by atoms with van der Waals surface area (Å²) in [4.78, 5) is 0. The molecule has 1 aromatic rings. The summed E-state index contributed by atoms with van der Waals surface area (Å²) < 4.78 is 0. The third-order valence-electron chi connectivity index (χ3n) is 1.91. The summed E-state index contributed by atoms with van der Waals surface area (Å²) in [6, 6.07) is 5.49. The van der Waals surface area contributed by atoms with Crippen LogP contribution < -0.4 is 0 Å². The van der Waals surface area contributed by atoms with Crippen molar-refractivity contribution in [1.29, 1.82) is 0 Å². The molecule has 1 heteroatoms. The Labute approximate surface area is 71.0 Å². The monoisotopic (exact) mass is 156 g/mol. The highest BCUT2D eigenvalue weighted by Gasteiger charge is 2.03. The Bertz CT molecular complexity index is 403. The molecule has 1 nitrogen and oxygen atoms in total. The SMILES string of the molecule is Oc1cccc2c1CC=C=C=C2. The second-order valence-electron chi connectivity index (χ2n) is 2.69. The molecule has 0 bridgehead atoms. The highest BCUT2D eigenvalue weighted by Crippen LogP contribution is 2.23. The van der Waals surface area contributed by atoms with Gasteiger partial charge in [-0.05, 0) is 23.8 Å². The third-order valence-corrected chi connectivity index (χ3v) is 1.91. The summed E-state index contributed by atoms with van der Waals surface area (Å²) >= 11 is 0. The van der Waals surface area contributed by atoms with Gasteiger partial charge in [-0.15, -0.1) is 0 Å². The lowest BCUT2D eigenvalue weighted by atomic mass is 10.0.